The maximum atomic E-state index is 12.3. The van der Waals surface area contributed by atoms with E-state index in [0.29, 0.717) is 37.2 Å². The van der Waals surface area contributed by atoms with Crippen LogP contribution in [0.15, 0.2) is 33.9 Å². The molecule has 94 valence electrons. The zero-order chi connectivity index (χ0) is 12.5. The maximum Gasteiger partial charge on any atom is 0.347 e. The summed E-state index contributed by atoms with van der Waals surface area (Å²) in [5.74, 6) is 0. The van der Waals surface area contributed by atoms with Gasteiger partial charge in [0.05, 0.1) is 37.2 Å². The molecule has 18 heavy (non-hydrogen) atoms. The van der Waals surface area contributed by atoms with Crippen LogP contribution in [0.1, 0.15) is 0 Å². The van der Waals surface area contributed by atoms with Gasteiger partial charge in [-0.1, -0.05) is 12.1 Å². The highest BCUT2D eigenvalue weighted by Crippen LogP contribution is 2.03. The first-order valence-electron chi connectivity index (χ1n) is 5.84. The Balaban J connectivity index is 2.22. The van der Waals surface area contributed by atoms with E-state index < -0.39 is 5.69 Å². The first kappa shape index (κ1) is 11.0. The number of nitrogens with zero attached hydrogens (tertiary/aromatic N) is 2. The molecule has 0 bridgehead atoms. The Morgan fingerprint density at radius 1 is 1.11 bits per heavy atom. The molecule has 0 radical (unpaired) electrons. The Morgan fingerprint density at radius 2 is 1.83 bits per heavy atom. The Labute approximate surface area is 102 Å². The second kappa shape index (κ2) is 4.30. The smallest absolute Gasteiger partial charge is 0.347 e. The molecule has 1 aliphatic rings. The highest BCUT2D eigenvalue weighted by Gasteiger charge is 2.16. The van der Waals surface area contributed by atoms with E-state index in [9.17, 15) is 9.59 Å². The molecule has 1 aliphatic heterocycles. The number of hydrogen-bond donors (Lipinski definition) is 1. The van der Waals surface area contributed by atoms with Gasteiger partial charge >= 0.3 is 5.69 Å². The van der Waals surface area contributed by atoms with E-state index in [2.05, 4.69) is 4.98 Å². The van der Waals surface area contributed by atoms with Gasteiger partial charge in [-0.15, -0.1) is 0 Å². The summed E-state index contributed by atoms with van der Waals surface area (Å²) in [6.45, 7) is 2.14. The normalized spacial score (nSPS) is 16.1. The molecule has 1 fully saturated rings. The van der Waals surface area contributed by atoms with E-state index in [1.165, 1.54) is 4.68 Å². The van der Waals surface area contributed by atoms with Gasteiger partial charge in [-0.25, -0.2) is 4.79 Å². The van der Waals surface area contributed by atoms with Gasteiger partial charge in [0.25, 0.3) is 5.56 Å². The number of benzene rings is 1. The fourth-order valence-corrected chi connectivity index (χ4v) is 2.16. The van der Waals surface area contributed by atoms with Crippen LogP contribution < -0.4 is 16.3 Å². The highest BCUT2D eigenvalue weighted by atomic mass is 16.5. The van der Waals surface area contributed by atoms with Crippen molar-refractivity contribution in [2.45, 2.75) is 0 Å². The van der Waals surface area contributed by atoms with Crippen molar-refractivity contribution in [1.29, 1.82) is 0 Å². The Morgan fingerprint density at radius 3 is 2.61 bits per heavy atom. The fourth-order valence-electron chi connectivity index (χ4n) is 2.16. The van der Waals surface area contributed by atoms with Gasteiger partial charge in [0, 0.05) is 0 Å². The number of rotatable bonds is 1. The van der Waals surface area contributed by atoms with Gasteiger partial charge < -0.3 is 14.7 Å². The van der Waals surface area contributed by atoms with E-state index in [4.69, 9.17) is 4.74 Å². The van der Waals surface area contributed by atoms with Crippen LogP contribution in [0.25, 0.3) is 10.9 Å². The minimum atomic E-state index is -0.402. The topological polar surface area (TPSA) is 67.3 Å². The van der Waals surface area contributed by atoms with Gasteiger partial charge in [-0.2, -0.15) is 4.68 Å². The number of aromatic nitrogens is 2. The van der Waals surface area contributed by atoms with Crippen LogP contribution in [-0.4, -0.2) is 36.0 Å². The number of fused-ring (bicyclic) bond motifs is 1. The predicted octanol–water partition coefficient (Wildman–Crippen LogP) is -0.342. The van der Waals surface area contributed by atoms with Gasteiger partial charge in [-0.05, 0) is 12.1 Å². The number of ether oxygens (including phenoxy) is 1. The molecule has 0 atom stereocenters. The van der Waals surface area contributed by atoms with Crippen LogP contribution in [0.5, 0.6) is 0 Å². The molecule has 0 amide bonds. The average molecular weight is 247 g/mol. The Hall–Kier alpha value is -2.08. The van der Waals surface area contributed by atoms with Crippen molar-refractivity contribution < 1.29 is 4.74 Å². The van der Waals surface area contributed by atoms with E-state index >= 15 is 0 Å². The molecule has 2 aromatic rings. The molecule has 0 aliphatic carbocycles. The summed E-state index contributed by atoms with van der Waals surface area (Å²) in [7, 11) is 0. The van der Waals surface area contributed by atoms with Crippen LogP contribution in [0, 0.1) is 0 Å². The van der Waals surface area contributed by atoms with Crippen molar-refractivity contribution in [3.05, 3.63) is 45.1 Å². The monoisotopic (exact) mass is 247 g/mol. The fraction of sp³-hybridized carbons (Fsp3) is 0.333. The Bertz CT molecular complexity index is 683. The van der Waals surface area contributed by atoms with Crippen molar-refractivity contribution in [2.24, 2.45) is 0 Å². The number of nitrogens with one attached hydrogen (secondary N) is 1. The van der Waals surface area contributed by atoms with E-state index in [1.54, 1.807) is 29.3 Å². The van der Waals surface area contributed by atoms with Crippen LogP contribution in [-0.2, 0) is 4.74 Å². The van der Waals surface area contributed by atoms with Crippen LogP contribution >= 0.6 is 0 Å². The molecule has 6 nitrogen and oxygen atoms in total. The molecule has 0 spiro atoms. The van der Waals surface area contributed by atoms with Crippen LogP contribution in [0.4, 0.5) is 0 Å². The largest absolute Gasteiger partial charge is 0.378 e. The molecule has 1 aromatic heterocycles. The lowest BCUT2D eigenvalue weighted by Gasteiger charge is -2.28. The van der Waals surface area contributed by atoms with Crippen LogP contribution in [0.3, 0.4) is 0 Å². The van der Waals surface area contributed by atoms with Crippen molar-refractivity contribution in [2.75, 3.05) is 31.3 Å². The molecule has 2 heterocycles. The van der Waals surface area contributed by atoms with Crippen LogP contribution in [0.2, 0.25) is 0 Å². The summed E-state index contributed by atoms with van der Waals surface area (Å²) >= 11 is 0. The summed E-state index contributed by atoms with van der Waals surface area (Å²) in [6, 6.07) is 7.01. The summed E-state index contributed by atoms with van der Waals surface area (Å²) < 4.78 is 6.39. The van der Waals surface area contributed by atoms with E-state index in [-0.39, 0.29) is 5.56 Å². The maximum absolute atomic E-state index is 12.3. The SMILES string of the molecule is O=c1[nH]c2ccccc2c(=O)n1N1CCOCC1. The van der Waals surface area contributed by atoms with Crippen molar-refractivity contribution in [3.63, 3.8) is 0 Å². The molecule has 0 unspecified atom stereocenters. The first-order chi connectivity index (χ1) is 8.77. The molecule has 1 saturated heterocycles. The van der Waals surface area contributed by atoms with Gasteiger partial charge in [0.15, 0.2) is 0 Å². The third-order valence-corrected chi connectivity index (χ3v) is 3.05. The van der Waals surface area contributed by atoms with Gasteiger partial charge in [-0.3, -0.25) is 4.79 Å². The zero-order valence-electron chi connectivity index (χ0n) is 9.76. The zero-order valence-corrected chi connectivity index (χ0v) is 9.76. The summed E-state index contributed by atoms with van der Waals surface area (Å²) in [6.07, 6.45) is 0. The molecular weight excluding hydrogens is 234 g/mol. The molecule has 1 N–H and O–H groups in total. The lowest BCUT2D eigenvalue weighted by atomic mass is 10.2. The summed E-state index contributed by atoms with van der Waals surface area (Å²) in [5, 5.41) is 2.24. The predicted molar refractivity (Wildman–Crippen MR) is 67.6 cm³/mol. The highest BCUT2D eigenvalue weighted by molar-refractivity contribution is 5.76. The first-order valence-corrected chi connectivity index (χ1v) is 5.84. The number of hydrogen-bond acceptors (Lipinski definition) is 4. The molecule has 3 rings (SSSR count). The van der Waals surface area contributed by atoms with E-state index in [1.807, 2.05) is 0 Å². The van der Waals surface area contributed by atoms with Crippen molar-refractivity contribution >= 4 is 10.9 Å². The molecular formula is C12H13N3O3. The second-order valence-electron chi connectivity index (χ2n) is 4.16. The summed E-state index contributed by atoms with van der Waals surface area (Å²) in [5.41, 5.74) is -0.117. The third kappa shape index (κ3) is 1.70. The molecule has 1 aromatic carbocycles. The standard InChI is InChI=1S/C12H13N3O3/c16-11-9-3-1-2-4-10(9)13-12(17)15(11)14-5-7-18-8-6-14/h1-4H,5-8H2,(H,13,17). The second-order valence-corrected chi connectivity index (χ2v) is 4.16. The van der Waals surface area contributed by atoms with Crippen molar-refractivity contribution in [1.82, 2.24) is 9.66 Å². The number of H-pyrrole nitrogens is 1. The van der Waals surface area contributed by atoms with Gasteiger partial charge in [0.1, 0.15) is 0 Å². The number of morpholine rings is 1. The minimum absolute atomic E-state index is 0.281. The number of aromatic amines is 1. The van der Waals surface area contributed by atoms with E-state index in [0.717, 1.165) is 0 Å². The quantitative estimate of drug-likeness (QED) is 0.748. The Kier molecular flexibility index (Phi) is 2.64. The minimum Gasteiger partial charge on any atom is -0.378 e. The molecule has 0 saturated carbocycles. The summed E-state index contributed by atoms with van der Waals surface area (Å²) in [4.78, 5) is 27.0. The third-order valence-electron chi connectivity index (χ3n) is 3.05. The number of para-hydroxylation sites is 1. The lowest BCUT2D eigenvalue weighted by molar-refractivity contribution is 0.110. The van der Waals surface area contributed by atoms with Crippen molar-refractivity contribution in [3.8, 4) is 0 Å². The average Bonchev–Trinajstić information content (AvgIpc) is 2.40. The van der Waals surface area contributed by atoms with Gasteiger partial charge in [0.2, 0.25) is 0 Å². The molecule has 6 heteroatoms. The lowest BCUT2D eigenvalue weighted by Crippen LogP contribution is -2.54.